The average Bonchev–Trinajstić information content (AvgIpc) is 2.51. The van der Waals surface area contributed by atoms with Crippen LogP contribution in [0.5, 0.6) is 0 Å². The number of thiophene rings is 1. The summed E-state index contributed by atoms with van der Waals surface area (Å²) in [7, 11) is 0. The smallest absolute Gasteiger partial charge is 0.304 e. The van der Waals surface area contributed by atoms with Crippen molar-refractivity contribution in [1.29, 1.82) is 0 Å². The second kappa shape index (κ2) is 3.39. The molecule has 0 amide bonds. The van der Waals surface area contributed by atoms with Crippen LogP contribution in [-0.4, -0.2) is 11.1 Å². The highest BCUT2D eigenvalue weighted by Gasteiger charge is 2.32. The third-order valence-corrected chi connectivity index (χ3v) is 4.15. The zero-order valence-electron chi connectivity index (χ0n) is 8.41. The summed E-state index contributed by atoms with van der Waals surface area (Å²) in [6, 6.07) is 2.21. The van der Waals surface area contributed by atoms with Crippen LogP contribution >= 0.6 is 11.3 Å². The van der Waals surface area contributed by atoms with Gasteiger partial charge in [0.1, 0.15) is 0 Å². The minimum absolute atomic E-state index is 0.251. The molecule has 1 N–H and O–H groups in total. The number of fused-ring (bicyclic) bond motifs is 1. The van der Waals surface area contributed by atoms with Crippen LogP contribution in [-0.2, 0) is 11.2 Å². The van der Waals surface area contributed by atoms with Gasteiger partial charge in [-0.3, -0.25) is 4.79 Å². The number of rotatable bonds is 2. The number of aliphatic carboxylic acids is 1. The van der Waals surface area contributed by atoms with E-state index in [4.69, 9.17) is 5.11 Å². The molecular formula is C11H14O2S. The lowest BCUT2D eigenvalue weighted by molar-refractivity contribution is -0.137. The summed E-state index contributed by atoms with van der Waals surface area (Å²) < 4.78 is 0. The van der Waals surface area contributed by atoms with Gasteiger partial charge >= 0.3 is 5.97 Å². The summed E-state index contributed by atoms with van der Waals surface area (Å²) in [6.45, 7) is 4.24. The second-order valence-corrected chi connectivity index (χ2v) is 5.42. The molecule has 0 saturated heterocycles. The predicted molar refractivity (Wildman–Crippen MR) is 56.9 cm³/mol. The zero-order valence-corrected chi connectivity index (χ0v) is 9.23. The van der Waals surface area contributed by atoms with Gasteiger partial charge in [-0.2, -0.15) is 0 Å². The molecule has 2 rings (SSSR count). The van der Waals surface area contributed by atoms with Gasteiger partial charge < -0.3 is 5.11 Å². The molecular weight excluding hydrogens is 196 g/mol. The van der Waals surface area contributed by atoms with Crippen molar-refractivity contribution in [3.63, 3.8) is 0 Å². The van der Waals surface area contributed by atoms with Crippen LogP contribution < -0.4 is 0 Å². The Morgan fingerprint density at radius 2 is 2.43 bits per heavy atom. The Bertz CT molecular complexity index is 367. The summed E-state index contributed by atoms with van der Waals surface area (Å²) in [5.41, 5.74) is 1.38. The first-order valence-corrected chi connectivity index (χ1v) is 5.70. The SMILES string of the molecule is Cc1cc2c(s1)C(CC(=O)O)C(C)C2. The predicted octanol–water partition coefficient (Wildman–Crippen LogP) is 2.81. The van der Waals surface area contributed by atoms with Gasteiger partial charge in [-0.05, 0) is 30.9 Å². The van der Waals surface area contributed by atoms with Crippen LogP contribution in [0.2, 0.25) is 0 Å². The minimum Gasteiger partial charge on any atom is -0.481 e. The van der Waals surface area contributed by atoms with Crippen LogP contribution in [0.1, 0.15) is 34.6 Å². The molecule has 2 unspecified atom stereocenters. The van der Waals surface area contributed by atoms with Crippen molar-refractivity contribution >= 4 is 17.3 Å². The lowest BCUT2D eigenvalue weighted by Crippen LogP contribution is -2.09. The molecule has 1 aromatic rings. The first kappa shape index (κ1) is 9.71. The van der Waals surface area contributed by atoms with Crippen LogP contribution in [0.4, 0.5) is 0 Å². The molecule has 1 aliphatic carbocycles. The molecule has 0 spiro atoms. The second-order valence-electron chi connectivity index (χ2n) is 4.13. The molecule has 1 aromatic heterocycles. The minimum atomic E-state index is -0.680. The quantitative estimate of drug-likeness (QED) is 0.815. The van der Waals surface area contributed by atoms with Crippen molar-refractivity contribution in [1.82, 2.24) is 0 Å². The van der Waals surface area contributed by atoms with Crippen molar-refractivity contribution in [2.75, 3.05) is 0 Å². The Balaban J connectivity index is 2.28. The van der Waals surface area contributed by atoms with Crippen molar-refractivity contribution in [2.45, 2.75) is 32.6 Å². The number of carbonyl (C=O) groups is 1. The summed E-state index contributed by atoms with van der Waals surface area (Å²) in [6.07, 6.45) is 1.34. The highest BCUT2D eigenvalue weighted by atomic mass is 32.1. The van der Waals surface area contributed by atoms with E-state index < -0.39 is 5.97 Å². The third-order valence-electron chi connectivity index (χ3n) is 2.93. The highest BCUT2D eigenvalue weighted by Crippen LogP contribution is 2.44. The van der Waals surface area contributed by atoms with Crippen molar-refractivity contribution in [3.05, 3.63) is 21.4 Å². The highest BCUT2D eigenvalue weighted by molar-refractivity contribution is 7.12. The molecule has 2 atom stereocenters. The molecule has 1 aliphatic rings. The molecule has 3 heteroatoms. The summed E-state index contributed by atoms with van der Waals surface area (Å²) in [5.74, 6) is 0.0647. The van der Waals surface area contributed by atoms with E-state index in [0.717, 1.165) is 6.42 Å². The Hall–Kier alpha value is -0.830. The Morgan fingerprint density at radius 1 is 1.71 bits per heavy atom. The molecule has 2 nitrogen and oxygen atoms in total. The van der Waals surface area contributed by atoms with Crippen LogP contribution in [0.3, 0.4) is 0 Å². The van der Waals surface area contributed by atoms with Gasteiger partial charge in [0.05, 0.1) is 6.42 Å². The normalized spacial score (nSPS) is 25.0. The summed E-state index contributed by atoms with van der Waals surface area (Å²) >= 11 is 1.77. The number of carboxylic acids is 1. The maximum Gasteiger partial charge on any atom is 0.304 e. The van der Waals surface area contributed by atoms with E-state index in [9.17, 15) is 4.79 Å². The van der Waals surface area contributed by atoms with Gasteiger partial charge in [-0.15, -0.1) is 11.3 Å². The lowest BCUT2D eigenvalue weighted by atomic mass is 9.95. The van der Waals surface area contributed by atoms with Crippen LogP contribution in [0, 0.1) is 12.8 Å². The fourth-order valence-corrected chi connectivity index (χ4v) is 3.58. The van der Waals surface area contributed by atoms with E-state index in [1.807, 2.05) is 0 Å². The molecule has 0 bridgehead atoms. The standard InChI is InChI=1S/C11H14O2S/c1-6-3-8-4-7(2)14-11(8)9(6)5-10(12)13/h4,6,9H,3,5H2,1-2H3,(H,12,13). The molecule has 0 fully saturated rings. The average molecular weight is 210 g/mol. The maximum atomic E-state index is 10.7. The maximum absolute atomic E-state index is 10.7. The van der Waals surface area contributed by atoms with Gasteiger partial charge in [-0.1, -0.05) is 6.92 Å². The largest absolute Gasteiger partial charge is 0.481 e. The lowest BCUT2D eigenvalue weighted by Gasteiger charge is -2.12. The summed E-state index contributed by atoms with van der Waals surface area (Å²) in [4.78, 5) is 13.3. The first-order chi connectivity index (χ1) is 6.58. The Morgan fingerprint density at radius 3 is 3.07 bits per heavy atom. The van der Waals surface area contributed by atoms with Gasteiger partial charge in [0, 0.05) is 15.7 Å². The number of hydrogen-bond donors (Lipinski definition) is 1. The number of aryl methyl sites for hydroxylation is 1. The van der Waals surface area contributed by atoms with E-state index in [2.05, 4.69) is 19.9 Å². The molecule has 0 radical (unpaired) electrons. The van der Waals surface area contributed by atoms with E-state index in [-0.39, 0.29) is 12.3 Å². The fraction of sp³-hybridized carbons (Fsp3) is 0.545. The molecule has 0 aliphatic heterocycles. The molecule has 0 aromatic carbocycles. The van der Waals surface area contributed by atoms with E-state index in [1.54, 1.807) is 11.3 Å². The van der Waals surface area contributed by atoms with E-state index in [1.165, 1.54) is 15.3 Å². The molecule has 14 heavy (non-hydrogen) atoms. The number of hydrogen-bond acceptors (Lipinski definition) is 2. The molecule has 0 saturated carbocycles. The van der Waals surface area contributed by atoms with Gasteiger partial charge in [0.25, 0.3) is 0 Å². The Labute approximate surface area is 87.6 Å². The molecule has 1 heterocycles. The molecule has 76 valence electrons. The van der Waals surface area contributed by atoms with Gasteiger partial charge in [0.15, 0.2) is 0 Å². The fourth-order valence-electron chi connectivity index (χ4n) is 2.29. The van der Waals surface area contributed by atoms with E-state index in [0.29, 0.717) is 5.92 Å². The van der Waals surface area contributed by atoms with Crippen molar-refractivity contribution in [2.24, 2.45) is 5.92 Å². The van der Waals surface area contributed by atoms with Gasteiger partial charge in [-0.25, -0.2) is 0 Å². The van der Waals surface area contributed by atoms with Crippen molar-refractivity contribution in [3.8, 4) is 0 Å². The zero-order chi connectivity index (χ0) is 10.3. The summed E-state index contributed by atoms with van der Waals surface area (Å²) in [5, 5.41) is 8.83. The van der Waals surface area contributed by atoms with Gasteiger partial charge in [0.2, 0.25) is 0 Å². The van der Waals surface area contributed by atoms with Crippen molar-refractivity contribution < 1.29 is 9.90 Å². The van der Waals surface area contributed by atoms with E-state index >= 15 is 0 Å². The Kier molecular flexibility index (Phi) is 2.35. The topological polar surface area (TPSA) is 37.3 Å². The first-order valence-electron chi connectivity index (χ1n) is 4.89. The monoisotopic (exact) mass is 210 g/mol. The van der Waals surface area contributed by atoms with Crippen LogP contribution in [0.25, 0.3) is 0 Å². The van der Waals surface area contributed by atoms with Crippen LogP contribution in [0.15, 0.2) is 6.07 Å². The number of carboxylic acid groups (broad SMARTS) is 1. The third kappa shape index (κ3) is 1.57.